The van der Waals surface area contributed by atoms with E-state index < -0.39 is 11.9 Å². The van der Waals surface area contributed by atoms with E-state index in [1.807, 2.05) is 0 Å². The van der Waals surface area contributed by atoms with Crippen molar-refractivity contribution < 1.29 is 19.1 Å². The van der Waals surface area contributed by atoms with Gasteiger partial charge in [-0.2, -0.15) is 0 Å². The molecule has 0 N–H and O–H groups in total. The van der Waals surface area contributed by atoms with Crippen LogP contribution in [0.1, 0.15) is 11.1 Å². The van der Waals surface area contributed by atoms with Crippen LogP contribution >= 0.6 is 0 Å². The maximum atomic E-state index is 11.3. The summed E-state index contributed by atoms with van der Waals surface area (Å²) in [5.41, 5.74) is 1.37. The highest BCUT2D eigenvalue weighted by Gasteiger charge is 2.16. The van der Waals surface area contributed by atoms with Crippen LogP contribution < -0.4 is 9.47 Å². The van der Waals surface area contributed by atoms with Crippen LogP contribution in [0, 0.1) is 13.8 Å². The summed E-state index contributed by atoms with van der Waals surface area (Å²) in [7, 11) is 0. The Balaban J connectivity index is 3.23. The van der Waals surface area contributed by atoms with Crippen molar-refractivity contribution in [1.29, 1.82) is 0 Å². The molecule has 4 nitrogen and oxygen atoms in total. The Morgan fingerprint density at radius 2 is 1.28 bits per heavy atom. The molecule has 0 spiro atoms. The Bertz CT molecular complexity index is 468. The van der Waals surface area contributed by atoms with E-state index >= 15 is 0 Å². The van der Waals surface area contributed by atoms with Crippen LogP contribution in [0.5, 0.6) is 11.5 Å². The highest BCUT2D eigenvalue weighted by Crippen LogP contribution is 2.34. The second-order valence-corrected chi connectivity index (χ2v) is 3.61. The first kappa shape index (κ1) is 13.7. The monoisotopic (exact) mass is 246 g/mol. The number of aryl methyl sites for hydroxylation is 2. The minimum Gasteiger partial charge on any atom is -0.419 e. The molecule has 0 amide bonds. The van der Waals surface area contributed by atoms with E-state index in [-0.39, 0.29) is 11.5 Å². The summed E-state index contributed by atoms with van der Waals surface area (Å²) in [4.78, 5) is 22.5. The van der Waals surface area contributed by atoms with Crippen molar-refractivity contribution in [1.82, 2.24) is 0 Å². The molecule has 0 atom stereocenters. The minimum absolute atomic E-state index is 0.218. The van der Waals surface area contributed by atoms with Gasteiger partial charge in [-0.1, -0.05) is 25.3 Å². The molecule has 0 aliphatic heterocycles. The molecule has 0 aliphatic carbocycles. The van der Waals surface area contributed by atoms with Gasteiger partial charge in [0.2, 0.25) is 0 Å². The number of rotatable bonds is 4. The SMILES string of the molecule is C=CC(=O)Oc1c(C)ccc(C)c1OC(=O)C=C. The third kappa shape index (κ3) is 3.07. The van der Waals surface area contributed by atoms with Gasteiger partial charge in [0.05, 0.1) is 0 Å². The summed E-state index contributed by atoms with van der Waals surface area (Å²) >= 11 is 0. The lowest BCUT2D eigenvalue weighted by molar-refractivity contribution is -0.131. The highest BCUT2D eigenvalue weighted by atomic mass is 16.6. The number of benzene rings is 1. The lowest BCUT2D eigenvalue weighted by Gasteiger charge is -2.13. The van der Waals surface area contributed by atoms with Gasteiger partial charge in [0.15, 0.2) is 11.5 Å². The molecular formula is C14H14O4. The first-order valence-corrected chi connectivity index (χ1v) is 5.28. The lowest BCUT2D eigenvalue weighted by Crippen LogP contribution is -2.10. The molecule has 0 aromatic heterocycles. The van der Waals surface area contributed by atoms with Crippen molar-refractivity contribution in [2.45, 2.75) is 13.8 Å². The molecule has 0 bridgehead atoms. The van der Waals surface area contributed by atoms with Gasteiger partial charge in [-0.15, -0.1) is 0 Å². The fraction of sp³-hybridized carbons (Fsp3) is 0.143. The van der Waals surface area contributed by atoms with E-state index in [0.29, 0.717) is 11.1 Å². The summed E-state index contributed by atoms with van der Waals surface area (Å²) in [6, 6.07) is 3.54. The third-order valence-electron chi connectivity index (χ3n) is 2.24. The molecule has 0 unspecified atom stereocenters. The number of carbonyl (C=O) groups is 2. The summed E-state index contributed by atoms with van der Waals surface area (Å²) < 4.78 is 10.2. The molecule has 1 aromatic carbocycles. The van der Waals surface area contributed by atoms with Gasteiger partial charge >= 0.3 is 11.9 Å². The van der Waals surface area contributed by atoms with E-state index in [1.165, 1.54) is 0 Å². The minimum atomic E-state index is -0.611. The molecule has 0 radical (unpaired) electrons. The number of esters is 2. The molecule has 0 saturated carbocycles. The fourth-order valence-electron chi connectivity index (χ4n) is 1.30. The zero-order valence-electron chi connectivity index (χ0n) is 10.4. The van der Waals surface area contributed by atoms with Gasteiger partial charge in [-0.3, -0.25) is 0 Å². The fourth-order valence-corrected chi connectivity index (χ4v) is 1.30. The van der Waals surface area contributed by atoms with Crippen LogP contribution in [0.3, 0.4) is 0 Å². The van der Waals surface area contributed by atoms with Crippen molar-refractivity contribution in [3.05, 3.63) is 48.6 Å². The summed E-state index contributed by atoms with van der Waals surface area (Å²) in [6.07, 6.45) is 2.09. The molecule has 1 aromatic rings. The molecule has 18 heavy (non-hydrogen) atoms. The second-order valence-electron chi connectivity index (χ2n) is 3.61. The van der Waals surface area contributed by atoms with Crippen molar-refractivity contribution in [3.63, 3.8) is 0 Å². The van der Waals surface area contributed by atoms with Crippen molar-refractivity contribution in [2.24, 2.45) is 0 Å². The van der Waals surface area contributed by atoms with Gasteiger partial charge in [0.1, 0.15) is 0 Å². The first-order valence-electron chi connectivity index (χ1n) is 5.28. The topological polar surface area (TPSA) is 52.6 Å². The number of carbonyl (C=O) groups excluding carboxylic acids is 2. The smallest absolute Gasteiger partial charge is 0.335 e. The zero-order valence-corrected chi connectivity index (χ0v) is 10.4. The normalized spacial score (nSPS) is 9.44. The van der Waals surface area contributed by atoms with E-state index in [1.54, 1.807) is 26.0 Å². The van der Waals surface area contributed by atoms with E-state index in [0.717, 1.165) is 12.2 Å². The first-order chi connectivity index (χ1) is 8.49. The van der Waals surface area contributed by atoms with Gasteiger partial charge in [0, 0.05) is 12.2 Å². The lowest BCUT2D eigenvalue weighted by atomic mass is 10.1. The quantitative estimate of drug-likeness (QED) is 0.465. The third-order valence-corrected chi connectivity index (χ3v) is 2.24. The molecule has 0 aliphatic rings. The maximum Gasteiger partial charge on any atom is 0.335 e. The van der Waals surface area contributed by atoms with Crippen LogP contribution in [-0.4, -0.2) is 11.9 Å². The second kappa shape index (κ2) is 5.82. The van der Waals surface area contributed by atoms with Crippen LogP contribution in [0.15, 0.2) is 37.4 Å². The molecule has 4 heteroatoms. The predicted molar refractivity (Wildman–Crippen MR) is 67.6 cm³/mol. The van der Waals surface area contributed by atoms with E-state index in [4.69, 9.17) is 9.47 Å². The number of hydrogen-bond donors (Lipinski definition) is 0. The molecule has 0 saturated heterocycles. The summed E-state index contributed by atoms with van der Waals surface area (Å²) in [5.74, 6) is -0.788. The predicted octanol–water partition coefficient (Wildman–Crippen LogP) is 2.49. The van der Waals surface area contributed by atoms with E-state index in [2.05, 4.69) is 13.2 Å². The van der Waals surface area contributed by atoms with Crippen LogP contribution in [0.2, 0.25) is 0 Å². The Morgan fingerprint density at radius 1 is 0.944 bits per heavy atom. The molecule has 0 heterocycles. The number of hydrogen-bond acceptors (Lipinski definition) is 4. The Kier molecular flexibility index (Phi) is 4.43. The molecular weight excluding hydrogens is 232 g/mol. The average molecular weight is 246 g/mol. The molecule has 94 valence electrons. The van der Waals surface area contributed by atoms with Crippen molar-refractivity contribution in [3.8, 4) is 11.5 Å². The zero-order chi connectivity index (χ0) is 13.7. The van der Waals surface area contributed by atoms with Crippen molar-refractivity contribution >= 4 is 11.9 Å². The standard InChI is InChI=1S/C14H14O4/c1-5-11(15)17-13-9(3)7-8-10(4)14(13)18-12(16)6-2/h5-8H,1-2H2,3-4H3. The van der Waals surface area contributed by atoms with Crippen LogP contribution in [0.4, 0.5) is 0 Å². The number of ether oxygens (including phenoxy) is 2. The Morgan fingerprint density at radius 3 is 1.56 bits per heavy atom. The summed E-state index contributed by atoms with van der Waals surface area (Å²) in [5, 5.41) is 0. The maximum absolute atomic E-state index is 11.3. The van der Waals surface area contributed by atoms with Crippen LogP contribution in [-0.2, 0) is 9.59 Å². The van der Waals surface area contributed by atoms with Gasteiger partial charge < -0.3 is 9.47 Å². The average Bonchev–Trinajstić information content (AvgIpc) is 2.37. The van der Waals surface area contributed by atoms with Crippen molar-refractivity contribution in [2.75, 3.05) is 0 Å². The molecule has 0 fully saturated rings. The summed E-state index contributed by atoms with van der Waals surface area (Å²) in [6.45, 7) is 10.1. The van der Waals surface area contributed by atoms with Gasteiger partial charge in [-0.25, -0.2) is 9.59 Å². The van der Waals surface area contributed by atoms with Gasteiger partial charge in [-0.05, 0) is 25.0 Å². The van der Waals surface area contributed by atoms with Crippen LogP contribution in [0.25, 0.3) is 0 Å². The van der Waals surface area contributed by atoms with E-state index in [9.17, 15) is 9.59 Å². The van der Waals surface area contributed by atoms with Gasteiger partial charge in [0.25, 0.3) is 0 Å². The Hall–Kier alpha value is -2.36. The Labute approximate surface area is 106 Å². The highest BCUT2D eigenvalue weighted by molar-refractivity contribution is 5.86. The largest absolute Gasteiger partial charge is 0.419 e. The molecule has 1 rings (SSSR count).